The lowest BCUT2D eigenvalue weighted by Crippen LogP contribution is -2.51. The fraction of sp³-hybridized carbons (Fsp3) is 0.400. The van der Waals surface area contributed by atoms with E-state index in [1.54, 1.807) is 0 Å². The molecule has 2 atom stereocenters. The summed E-state index contributed by atoms with van der Waals surface area (Å²) in [7, 11) is -3.92. The number of carbonyl (C=O) groups is 1. The van der Waals surface area contributed by atoms with Crippen molar-refractivity contribution in [1.82, 2.24) is 15.0 Å². The van der Waals surface area contributed by atoms with E-state index < -0.39 is 44.0 Å². The van der Waals surface area contributed by atoms with E-state index in [-0.39, 0.29) is 29.4 Å². The third-order valence-corrected chi connectivity index (χ3v) is 8.66. The second kappa shape index (κ2) is 10.6. The first kappa shape index (κ1) is 26.8. The summed E-state index contributed by atoms with van der Waals surface area (Å²) in [5.41, 5.74) is 2.37. The van der Waals surface area contributed by atoms with Crippen LogP contribution in [0.1, 0.15) is 32.6 Å². The van der Waals surface area contributed by atoms with Crippen molar-refractivity contribution in [2.45, 2.75) is 50.2 Å². The Labute approximate surface area is 212 Å². The van der Waals surface area contributed by atoms with E-state index in [4.69, 9.17) is 9.57 Å². The molecule has 198 valence electrons. The maximum absolute atomic E-state index is 14.2. The molecule has 2 aromatic carbocycles. The Morgan fingerprint density at radius 1 is 1.27 bits per heavy atom. The van der Waals surface area contributed by atoms with E-state index >= 15 is 0 Å². The van der Waals surface area contributed by atoms with Gasteiger partial charge in [0.1, 0.15) is 0 Å². The van der Waals surface area contributed by atoms with Crippen LogP contribution in [-0.2, 0) is 30.8 Å². The van der Waals surface area contributed by atoms with Gasteiger partial charge in [-0.05, 0) is 49.9 Å². The number of amides is 1. The molecule has 4 rings (SSSR count). The molecule has 9 nitrogen and oxygen atoms in total. The van der Waals surface area contributed by atoms with Crippen molar-refractivity contribution in [3.8, 4) is 11.1 Å². The number of ether oxygens (including phenoxy) is 1. The molecule has 1 N–H and O–H groups in total. The number of hydroxylamine groups is 1. The Hall–Kier alpha value is -3.22. The predicted octanol–water partition coefficient (Wildman–Crippen LogP) is 3.11. The molecule has 1 amide bonds. The number of aromatic nitrogens is 2. The van der Waals surface area contributed by atoms with Crippen molar-refractivity contribution in [1.29, 1.82) is 0 Å². The zero-order chi connectivity index (χ0) is 26.8. The maximum Gasteiger partial charge on any atom is 0.264 e. The normalized spacial score (nSPS) is 17.9. The summed E-state index contributed by atoms with van der Waals surface area (Å²) in [6.45, 7) is 1.63. The first-order valence-corrected chi connectivity index (χ1v) is 13.6. The average Bonchev–Trinajstić information content (AvgIpc) is 2.88. The van der Waals surface area contributed by atoms with Crippen LogP contribution in [0.15, 0.2) is 47.5 Å². The lowest BCUT2D eigenvalue weighted by molar-refractivity contribution is -0.201. The lowest BCUT2D eigenvalue weighted by atomic mass is 10.0. The fourth-order valence-electron chi connectivity index (χ4n) is 4.04. The van der Waals surface area contributed by atoms with Crippen molar-refractivity contribution in [2.24, 2.45) is 0 Å². The average molecular weight is 536 g/mol. The van der Waals surface area contributed by atoms with Gasteiger partial charge in [0.25, 0.3) is 11.5 Å². The fourth-order valence-corrected chi connectivity index (χ4v) is 4.88. The molecule has 2 heterocycles. The molecule has 0 bridgehead atoms. The summed E-state index contributed by atoms with van der Waals surface area (Å²) in [5, 5.41) is 0.200. The summed E-state index contributed by atoms with van der Waals surface area (Å²) in [4.78, 5) is 35.4. The van der Waals surface area contributed by atoms with Gasteiger partial charge in [0, 0.05) is 31.4 Å². The summed E-state index contributed by atoms with van der Waals surface area (Å²) in [5.74, 6) is -2.86. The number of hydrogen-bond acceptors (Lipinski definition) is 7. The molecular weight excluding hydrogens is 508 g/mol. The van der Waals surface area contributed by atoms with E-state index in [1.807, 2.05) is 0 Å². The molecular formula is C25H27F2N3O6S. The standard InChI is InChI=1S/C25H27F2N3O6S/c1-25(37(2,33)34,24(32)29-36-21-8-3-4-13-35-21)11-12-30-15-28-20-14-16(9-10-18(20)23(30)31)17-6-5-7-19(26)22(17)27/h5-7,9-10,14-15,21H,3-4,8,11-13H2,1-2H3,(H,29,32)/t21?,25-/m1/s1. The van der Waals surface area contributed by atoms with E-state index in [1.165, 1.54) is 48.1 Å². The first-order chi connectivity index (χ1) is 17.5. The minimum Gasteiger partial charge on any atom is -0.350 e. The van der Waals surface area contributed by atoms with Gasteiger partial charge in [-0.2, -0.15) is 0 Å². The largest absolute Gasteiger partial charge is 0.350 e. The zero-order valence-electron chi connectivity index (χ0n) is 20.4. The van der Waals surface area contributed by atoms with Crippen LogP contribution in [0.4, 0.5) is 8.78 Å². The summed E-state index contributed by atoms with van der Waals surface area (Å²) >= 11 is 0. The van der Waals surface area contributed by atoms with E-state index in [0.29, 0.717) is 18.6 Å². The van der Waals surface area contributed by atoms with Crippen molar-refractivity contribution >= 4 is 26.6 Å². The number of nitrogens with zero attached hydrogens (tertiary/aromatic N) is 2. The second-order valence-electron chi connectivity index (χ2n) is 9.17. The Morgan fingerprint density at radius 2 is 2.05 bits per heavy atom. The van der Waals surface area contributed by atoms with Crippen LogP contribution in [0, 0.1) is 11.6 Å². The van der Waals surface area contributed by atoms with Gasteiger partial charge in [-0.3, -0.25) is 14.2 Å². The Kier molecular flexibility index (Phi) is 7.72. The number of benzene rings is 2. The second-order valence-corrected chi connectivity index (χ2v) is 11.6. The van der Waals surface area contributed by atoms with Gasteiger partial charge < -0.3 is 4.74 Å². The SMILES string of the molecule is C[C@@](CCn1cnc2cc(-c3cccc(F)c3F)ccc2c1=O)(C(=O)NOC1CCCCO1)S(C)(=O)=O. The lowest BCUT2D eigenvalue weighted by Gasteiger charge is -2.28. The molecule has 12 heteroatoms. The Balaban J connectivity index is 1.55. The molecule has 1 saturated heterocycles. The molecule has 0 spiro atoms. The summed E-state index contributed by atoms with van der Waals surface area (Å²) < 4.78 is 57.7. The van der Waals surface area contributed by atoms with Crippen molar-refractivity contribution in [3.63, 3.8) is 0 Å². The summed E-state index contributed by atoms with van der Waals surface area (Å²) in [6, 6.07) is 8.20. The number of aryl methyl sites for hydroxylation is 1. The monoisotopic (exact) mass is 535 g/mol. The molecule has 1 aliphatic heterocycles. The topological polar surface area (TPSA) is 117 Å². The minimum atomic E-state index is -3.92. The molecule has 1 aliphatic rings. The van der Waals surface area contributed by atoms with Crippen LogP contribution in [0.25, 0.3) is 22.0 Å². The zero-order valence-corrected chi connectivity index (χ0v) is 21.2. The molecule has 1 fully saturated rings. The van der Waals surface area contributed by atoms with Crippen LogP contribution in [0.2, 0.25) is 0 Å². The number of sulfone groups is 1. The van der Waals surface area contributed by atoms with Gasteiger partial charge in [0.15, 0.2) is 32.5 Å². The smallest absolute Gasteiger partial charge is 0.264 e. The molecule has 1 unspecified atom stereocenters. The molecule has 1 aromatic heterocycles. The molecule has 0 aliphatic carbocycles. The Morgan fingerprint density at radius 3 is 2.76 bits per heavy atom. The van der Waals surface area contributed by atoms with Crippen LogP contribution in [-0.4, -0.2) is 47.8 Å². The Bertz CT molecular complexity index is 1490. The molecule has 0 radical (unpaired) electrons. The van der Waals surface area contributed by atoms with E-state index in [2.05, 4.69) is 10.5 Å². The van der Waals surface area contributed by atoms with Crippen LogP contribution >= 0.6 is 0 Å². The van der Waals surface area contributed by atoms with Gasteiger partial charge in [-0.25, -0.2) is 32.5 Å². The maximum atomic E-state index is 14.2. The van der Waals surface area contributed by atoms with Gasteiger partial charge in [-0.1, -0.05) is 18.2 Å². The quantitative estimate of drug-likeness (QED) is 0.441. The van der Waals surface area contributed by atoms with Crippen LogP contribution in [0.3, 0.4) is 0 Å². The third-order valence-electron chi connectivity index (χ3n) is 6.64. The number of hydrogen-bond donors (Lipinski definition) is 1. The molecule has 3 aromatic rings. The highest BCUT2D eigenvalue weighted by atomic mass is 32.2. The number of fused-ring (bicyclic) bond motifs is 1. The highest BCUT2D eigenvalue weighted by Crippen LogP contribution is 2.27. The number of nitrogens with one attached hydrogen (secondary N) is 1. The highest BCUT2D eigenvalue weighted by Gasteiger charge is 2.44. The van der Waals surface area contributed by atoms with Crippen molar-refractivity contribution in [2.75, 3.05) is 12.9 Å². The highest BCUT2D eigenvalue weighted by molar-refractivity contribution is 7.92. The number of halogens is 2. The molecule has 37 heavy (non-hydrogen) atoms. The van der Waals surface area contributed by atoms with Gasteiger partial charge >= 0.3 is 0 Å². The number of carbonyl (C=O) groups excluding carboxylic acids is 1. The van der Waals surface area contributed by atoms with Crippen LogP contribution < -0.4 is 11.0 Å². The van der Waals surface area contributed by atoms with Gasteiger partial charge in [0.05, 0.1) is 17.2 Å². The first-order valence-electron chi connectivity index (χ1n) is 11.7. The number of rotatable bonds is 8. The van der Waals surface area contributed by atoms with Gasteiger partial charge in [-0.15, -0.1) is 0 Å². The van der Waals surface area contributed by atoms with E-state index in [0.717, 1.165) is 25.2 Å². The summed E-state index contributed by atoms with van der Waals surface area (Å²) in [6.07, 6.45) is 3.60. The minimum absolute atomic E-state index is 0.0312. The van der Waals surface area contributed by atoms with Crippen molar-refractivity contribution in [3.05, 3.63) is 64.7 Å². The van der Waals surface area contributed by atoms with Gasteiger partial charge in [0.2, 0.25) is 0 Å². The third kappa shape index (κ3) is 5.55. The van der Waals surface area contributed by atoms with Crippen molar-refractivity contribution < 1.29 is 31.6 Å². The predicted molar refractivity (Wildman–Crippen MR) is 132 cm³/mol. The van der Waals surface area contributed by atoms with E-state index in [9.17, 15) is 26.8 Å². The van der Waals surface area contributed by atoms with Crippen LogP contribution in [0.5, 0.6) is 0 Å². The molecule has 0 saturated carbocycles.